The Morgan fingerprint density at radius 3 is 2.22 bits per heavy atom. The summed E-state index contributed by atoms with van der Waals surface area (Å²) in [5.41, 5.74) is 4.83. The lowest BCUT2D eigenvalue weighted by molar-refractivity contribution is -0.118. The van der Waals surface area contributed by atoms with Crippen LogP contribution in [0.4, 0.5) is 0 Å². The minimum Gasteiger partial charge on any atom is -0.394 e. The molecule has 0 radical (unpaired) electrons. The molecule has 7 nitrogen and oxygen atoms in total. The molecular weight excluding hydrogens is 260 g/mol. The van der Waals surface area contributed by atoms with E-state index in [0.717, 1.165) is 12.2 Å². The lowest BCUT2D eigenvalue weighted by Gasteiger charge is -2.19. The fraction of sp³-hybridized carbons (Fsp3) is 0.400. The molecule has 0 aromatic heterocycles. The van der Waals surface area contributed by atoms with Crippen molar-refractivity contribution in [3.63, 3.8) is 0 Å². The van der Waals surface area contributed by atoms with Crippen molar-refractivity contribution in [2.75, 3.05) is 0 Å². The zero-order valence-electron chi connectivity index (χ0n) is 10.1. The molecule has 0 fully saturated rings. The Labute approximate surface area is 105 Å². The van der Waals surface area contributed by atoms with Gasteiger partial charge in [-0.1, -0.05) is 20.4 Å². The van der Waals surface area contributed by atoms with Gasteiger partial charge in [0.25, 0.3) is 16.0 Å². The Morgan fingerprint density at radius 1 is 1.39 bits per heavy atom. The third-order valence-electron chi connectivity index (χ3n) is 1.96. The molecule has 0 aromatic carbocycles. The zero-order chi connectivity index (χ0) is 14.5. The Bertz CT molecular complexity index is 478. The number of carbonyl (C=O) groups is 2. The van der Waals surface area contributed by atoms with Crippen molar-refractivity contribution in [3.05, 3.63) is 24.4 Å². The van der Waals surface area contributed by atoms with Crippen LogP contribution in [0.3, 0.4) is 0 Å². The van der Waals surface area contributed by atoms with Crippen LogP contribution < -0.4 is 11.1 Å². The quantitative estimate of drug-likeness (QED) is 0.446. The topological polar surface area (TPSA) is 127 Å². The summed E-state index contributed by atoms with van der Waals surface area (Å²) in [7, 11) is -4.45. The molecular formula is C10H16N2O5S. The van der Waals surface area contributed by atoms with Gasteiger partial charge in [0.15, 0.2) is 11.2 Å². The summed E-state index contributed by atoms with van der Waals surface area (Å²) in [5, 5.41) is 0.539. The molecule has 0 aliphatic rings. The molecule has 0 aromatic rings. The fourth-order valence-corrected chi connectivity index (χ4v) is 2.02. The SMILES string of the molecule is C=CC(=O)C=C(N)C(=O)NC(C(C)C)S(=O)(=O)O. The van der Waals surface area contributed by atoms with Gasteiger partial charge >= 0.3 is 0 Å². The summed E-state index contributed by atoms with van der Waals surface area (Å²) in [6.07, 6.45) is 1.76. The molecule has 0 saturated heterocycles. The predicted molar refractivity (Wildman–Crippen MR) is 65.8 cm³/mol. The average molecular weight is 276 g/mol. The number of carbonyl (C=O) groups excluding carboxylic acids is 2. The average Bonchev–Trinajstić information content (AvgIpc) is 2.22. The van der Waals surface area contributed by atoms with E-state index in [1.165, 1.54) is 13.8 Å². The van der Waals surface area contributed by atoms with Gasteiger partial charge in [-0.15, -0.1) is 0 Å². The van der Waals surface area contributed by atoms with Crippen LogP contribution in [-0.2, 0) is 19.7 Å². The van der Waals surface area contributed by atoms with Gasteiger partial charge in [0, 0.05) is 6.08 Å². The van der Waals surface area contributed by atoms with E-state index in [4.69, 9.17) is 10.3 Å². The van der Waals surface area contributed by atoms with Crippen molar-refractivity contribution in [1.29, 1.82) is 0 Å². The molecule has 0 rings (SSSR count). The molecule has 0 spiro atoms. The van der Waals surface area contributed by atoms with E-state index in [2.05, 4.69) is 6.58 Å². The van der Waals surface area contributed by atoms with E-state index in [1.807, 2.05) is 5.32 Å². The molecule has 0 aliphatic heterocycles. The third-order valence-corrected chi connectivity index (χ3v) is 3.26. The molecule has 4 N–H and O–H groups in total. The summed E-state index contributed by atoms with van der Waals surface area (Å²) < 4.78 is 30.9. The maximum atomic E-state index is 11.5. The normalized spacial score (nSPS) is 14.1. The van der Waals surface area contributed by atoms with Crippen LogP contribution in [0.1, 0.15) is 13.8 Å². The Morgan fingerprint density at radius 2 is 1.89 bits per heavy atom. The van der Waals surface area contributed by atoms with Gasteiger partial charge in [-0.2, -0.15) is 8.42 Å². The highest BCUT2D eigenvalue weighted by atomic mass is 32.2. The van der Waals surface area contributed by atoms with Gasteiger partial charge in [-0.25, -0.2) is 0 Å². The van der Waals surface area contributed by atoms with Crippen LogP contribution in [0.15, 0.2) is 24.4 Å². The molecule has 102 valence electrons. The van der Waals surface area contributed by atoms with Gasteiger partial charge in [-0.3, -0.25) is 14.1 Å². The summed E-state index contributed by atoms with van der Waals surface area (Å²) >= 11 is 0. The largest absolute Gasteiger partial charge is 0.394 e. The van der Waals surface area contributed by atoms with Gasteiger partial charge in [-0.05, 0) is 12.0 Å². The first-order chi connectivity index (χ1) is 8.09. The number of nitrogens with one attached hydrogen (secondary N) is 1. The van der Waals surface area contributed by atoms with Crippen molar-refractivity contribution in [1.82, 2.24) is 5.32 Å². The van der Waals surface area contributed by atoms with E-state index in [0.29, 0.717) is 0 Å². The minimum absolute atomic E-state index is 0.464. The van der Waals surface area contributed by atoms with E-state index < -0.39 is 38.8 Å². The lowest BCUT2D eigenvalue weighted by Crippen LogP contribution is -2.45. The Hall–Kier alpha value is -1.67. The standard InChI is InChI=1S/C10H16N2O5S/c1-4-7(13)5-8(11)9(14)12-10(6(2)3)18(15,16)17/h4-6,10H,1,11H2,2-3H3,(H,12,14)(H,15,16,17). The van der Waals surface area contributed by atoms with Crippen LogP contribution in [0.2, 0.25) is 0 Å². The first kappa shape index (κ1) is 16.3. The maximum absolute atomic E-state index is 11.5. The van der Waals surface area contributed by atoms with Crippen LogP contribution in [0.5, 0.6) is 0 Å². The molecule has 1 atom stereocenters. The van der Waals surface area contributed by atoms with Crippen LogP contribution in [0, 0.1) is 5.92 Å². The summed E-state index contributed by atoms with van der Waals surface area (Å²) in [4.78, 5) is 22.4. The van der Waals surface area contributed by atoms with Crippen molar-refractivity contribution >= 4 is 21.8 Å². The van der Waals surface area contributed by atoms with Gasteiger partial charge in [0.2, 0.25) is 0 Å². The molecule has 1 unspecified atom stereocenters. The van der Waals surface area contributed by atoms with Gasteiger partial charge in [0.05, 0.1) is 0 Å². The van der Waals surface area contributed by atoms with Crippen molar-refractivity contribution < 1.29 is 22.6 Å². The second-order valence-electron chi connectivity index (χ2n) is 3.86. The third kappa shape index (κ3) is 5.11. The van der Waals surface area contributed by atoms with Crippen LogP contribution >= 0.6 is 0 Å². The zero-order valence-corrected chi connectivity index (χ0v) is 10.9. The van der Waals surface area contributed by atoms with Crippen molar-refractivity contribution in [2.45, 2.75) is 19.2 Å². The monoisotopic (exact) mass is 276 g/mol. The summed E-state index contributed by atoms with van der Waals surface area (Å²) in [5.74, 6) is -2.11. The molecule has 0 saturated carbocycles. The van der Waals surface area contributed by atoms with Crippen molar-refractivity contribution in [2.24, 2.45) is 11.7 Å². The van der Waals surface area contributed by atoms with E-state index in [-0.39, 0.29) is 0 Å². The van der Waals surface area contributed by atoms with Crippen LogP contribution in [-0.4, -0.2) is 30.0 Å². The molecule has 0 bridgehead atoms. The highest BCUT2D eigenvalue weighted by Crippen LogP contribution is 2.08. The van der Waals surface area contributed by atoms with E-state index in [1.54, 1.807) is 0 Å². The van der Waals surface area contributed by atoms with Crippen LogP contribution in [0.25, 0.3) is 0 Å². The number of rotatable bonds is 6. The molecule has 1 amide bonds. The molecule has 0 heterocycles. The highest BCUT2D eigenvalue weighted by Gasteiger charge is 2.28. The Balaban J connectivity index is 4.99. The first-order valence-corrected chi connectivity index (χ1v) is 6.50. The number of hydrogen-bond donors (Lipinski definition) is 3. The fourth-order valence-electron chi connectivity index (χ4n) is 1.08. The number of amides is 1. The van der Waals surface area contributed by atoms with Crippen molar-refractivity contribution in [3.8, 4) is 0 Å². The number of hydrogen-bond acceptors (Lipinski definition) is 5. The Kier molecular flexibility index (Phi) is 5.73. The maximum Gasteiger partial charge on any atom is 0.286 e. The molecule has 8 heteroatoms. The summed E-state index contributed by atoms with van der Waals surface area (Å²) in [6.45, 7) is 6.17. The summed E-state index contributed by atoms with van der Waals surface area (Å²) in [6, 6.07) is 0. The van der Waals surface area contributed by atoms with Gasteiger partial charge in [0.1, 0.15) is 5.70 Å². The number of allylic oxidation sites excluding steroid dienone is 2. The predicted octanol–water partition coefficient (Wildman–Crippen LogP) is -0.430. The first-order valence-electron chi connectivity index (χ1n) is 5.00. The minimum atomic E-state index is -4.45. The smallest absolute Gasteiger partial charge is 0.286 e. The van der Waals surface area contributed by atoms with E-state index >= 15 is 0 Å². The number of ketones is 1. The molecule has 18 heavy (non-hydrogen) atoms. The van der Waals surface area contributed by atoms with Gasteiger partial charge < -0.3 is 11.1 Å². The second-order valence-corrected chi connectivity index (χ2v) is 5.40. The lowest BCUT2D eigenvalue weighted by atomic mass is 10.2. The van der Waals surface area contributed by atoms with E-state index in [9.17, 15) is 18.0 Å². The number of nitrogens with two attached hydrogens (primary N) is 1. The molecule has 0 aliphatic carbocycles. The highest BCUT2D eigenvalue weighted by molar-refractivity contribution is 7.86. The second kappa shape index (κ2) is 6.31.